The Morgan fingerprint density at radius 3 is 2.41 bits per heavy atom. The summed E-state index contributed by atoms with van der Waals surface area (Å²) in [5.74, 6) is 0.771. The van der Waals surface area contributed by atoms with Crippen molar-refractivity contribution in [3.8, 4) is 5.75 Å². The largest absolute Gasteiger partial charge is 0.497 e. The monoisotopic (exact) mass is 487 g/mol. The first-order valence-electron chi connectivity index (χ1n) is 11.2. The van der Waals surface area contributed by atoms with E-state index in [1.165, 1.54) is 33.1 Å². The topological polar surface area (TPSA) is 45.1 Å². The van der Waals surface area contributed by atoms with E-state index in [-0.39, 0.29) is 5.91 Å². The summed E-state index contributed by atoms with van der Waals surface area (Å²) < 4.78 is 5.22. The van der Waals surface area contributed by atoms with Crippen LogP contribution in [-0.2, 0) is 4.79 Å². The van der Waals surface area contributed by atoms with Crippen LogP contribution in [0.2, 0.25) is 0 Å². The van der Waals surface area contributed by atoms with Crippen molar-refractivity contribution in [3.05, 3.63) is 82.7 Å². The van der Waals surface area contributed by atoms with E-state index in [0.29, 0.717) is 16.6 Å². The lowest BCUT2D eigenvalue weighted by molar-refractivity contribution is -0.122. The smallest absolute Gasteiger partial charge is 0.266 e. The molecule has 0 aliphatic carbocycles. The first-order valence-corrected chi connectivity index (χ1v) is 12.9. The van der Waals surface area contributed by atoms with Gasteiger partial charge >= 0.3 is 0 Å². The van der Waals surface area contributed by atoms with Crippen molar-refractivity contribution in [3.63, 3.8) is 0 Å². The summed E-state index contributed by atoms with van der Waals surface area (Å²) in [7, 11) is 1.64. The number of amidine groups is 1. The fourth-order valence-corrected chi connectivity index (χ4v) is 6.34. The summed E-state index contributed by atoms with van der Waals surface area (Å²) in [6.45, 7) is 5.55. The van der Waals surface area contributed by atoms with Gasteiger partial charge in [-0.25, -0.2) is 4.99 Å². The minimum Gasteiger partial charge on any atom is -0.497 e. The van der Waals surface area contributed by atoms with Gasteiger partial charge in [0.1, 0.15) is 5.75 Å². The second-order valence-electron chi connectivity index (χ2n) is 7.76. The van der Waals surface area contributed by atoms with Gasteiger partial charge in [-0.2, -0.15) is 0 Å². The van der Waals surface area contributed by atoms with Gasteiger partial charge in [-0.3, -0.25) is 9.69 Å². The molecule has 1 fully saturated rings. The normalized spacial score (nSPS) is 19.1. The maximum atomic E-state index is 13.1. The lowest BCUT2D eigenvalue weighted by Crippen LogP contribution is -2.28. The zero-order valence-corrected chi connectivity index (χ0v) is 21.0. The predicted molar refractivity (Wildman–Crippen MR) is 144 cm³/mol. The fraction of sp³-hybridized carbons (Fsp3) is 0.185. The Hall–Kier alpha value is -3.16. The van der Waals surface area contributed by atoms with Crippen molar-refractivity contribution < 1.29 is 9.53 Å². The van der Waals surface area contributed by atoms with Gasteiger partial charge in [0.2, 0.25) is 0 Å². The quantitative estimate of drug-likeness (QED) is 0.371. The van der Waals surface area contributed by atoms with Gasteiger partial charge in [-0.1, -0.05) is 42.1 Å². The molecule has 2 aliphatic rings. The summed E-state index contributed by atoms with van der Waals surface area (Å²) in [5.41, 5.74) is 2.01. The molecule has 0 saturated carbocycles. The SMILES string of the molecule is CCN1C(=O)C(=CC=C2Sc3c(ccc4ccccc34)N2CC)SC1=Nc1ccc(OC)cc1. The van der Waals surface area contributed by atoms with Crippen molar-refractivity contribution in [1.29, 1.82) is 0 Å². The van der Waals surface area contributed by atoms with Crippen LogP contribution in [0.5, 0.6) is 5.75 Å². The summed E-state index contributed by atoms with van der Waals surface area (Å²) in [6.07, 6.45) is 4.00. The number of hydrogen-bond donors (Lipinski definition) is 0. The van der Waals surface area contributed by atoms with Crippen LogP contribution in [-0.4, -0.2) is 36.2 Å². The number of aliphatic imine (C=N–C) groups is 1. The van der Waals surface area contributed by atoms with Crippen LogP contribution in [0.25, 0.3) is 10.8 Å². The second kappa shape index (κ2) is 9.60. The van der Waals surface area contributed by atoms with E-state index in [0.717, 1.165) is 23.0 Å². The molecule has 0 aromatic heterocycles. The Morgan fingerprint density at radius 1 is 0.912 bits per heavy atom. The highest BCUT2D eigenvalue weighted by Gasteiger charge is 2.32. The highest BCUT2D eigenvalue weighted by atomic mass is 32.2. The number of rotatable bonds is 5. The minimum atomic E-state index is -0.00868. The van der Waals surface area contributed by atoms with Crippen LogP contribution in [0.15, 0.2) is 92.6 Å². The third-order valence-electron chi connectivity index (χ3n) is 5.82. The average molecular weight is 488 g/mol. The molecule has 0 bridgehead atoms. The lowest BCUT2D eigenvalue weighted by atomic mass is 10.1. The molecular weight excluding hydrogens is 462 g/mol. The zero-order chi connectivity index (χ0) is 23.7. The molecule has 3 aromatic rings. The Labute approximate surface area is 208 Å². The molecule has 34 heavy (non-hydrogen) atoms. The highest BCUT2D eigenvalue weighted by Crippen LogP contribution is 2.49. The van der Waals surface area contributed by atoms with Crippen molar-refractivity contribution >= 4 is 56.7 Å². The molecular formula is C27H25N3O2S2. The molecule has 0 spiro atoms. The summed E-state index contributed by atoms with van der Waals surface area (Å²) in [5, 5.41) is 4.32. The van der Waals surface area contributed by atoms with Crippen molar-refractivity contribution in [2.45, 2.75) is 18.7 Å². The van der Waals surface area contributed by atoms with Gasteiger partial charge in [0.25, 0.3) is 5.91 Å². The fourth-order valence-electron chi connectivity index (χ4n) is 4.08. The maximum Gasteiger partial charge on any atom is 0.266 e. The number of thioether (sulfide) groups is 2. The Balaban J connectivity index is 1.44. The van der Waals surface area contributed by atoms with E-state index in [1.54, 1.807) is 23.8 Å². The number of benzene rings is 3. The highest BCUT2D eigenvalue weighted by molar-refractivity contribution is 8.18. The number of hydrogen-bond acceptors (Lipinski definition) is 6. The van der Waals surface area contributed by atoms with E-state index in [4.69, 9.17) is 9.73 Å². The number of fused-ring (bicyclic) bond motifs is 3. The number of likely N-dealkylation sites (N-methyl/N-ethyl adjacent to an activating group) is 1. The van der Waals surface area contributed by atoms with Crippen LogP contribution in [0.1, 0.15) is 13.8 Å². The number of amides is 1. The van der Waals surface area contributed by atoms with Crippen LogP contribution in [0.3, 0.4) is 0 Å². The Kier molecular flexibility index (Phi) is 6.39. The standard InChI is InChI=1S/C27H25N3O2S2/c1-4-29-22-15-10-18-8-6-7-9-21(18)25(22)34-24(29)17-16-23-26(31)30(5-2)27(33-23)28-19-11-13-20(32-3)14-12-19/h6-17H,4-5H2,1-3H3. The molecule has 1 saturated heterocycles. The molecule has 0 radical (unpaired) electrons. The lowest BCUT2D eigenvalue weighted by Gasteiger charge is -2.17. The number of anilines is 1. The molecule has 5 nitrogen and oxygen atoms in total. The molecule has 2 aliphatic heterocycles. The summed E-state index contributed by atoms with van der Waals surface area (Å²) in [6, 6.07) is 20.4. The molecule has 0 unspecified atom stereocenters. The molecule has 3 aromatic carbocycles. The van der Waals surface area contributed by atoms with E-state index < -0.39 is 0 Å². The molecule has 2 heterocycles. The summed E-state index contributed by atoms with van der Waals surface area (Å²) >= 11 is 3.18. The number of carbonyl (C=O) groups excluding carboxylic acids is 1. The van der Waals surface area contributed by atoms with Gasteiger partial charge in [0, 0.05) is 18.0 Å². The van der Waals surface area contributed by atoms with Crippen molar-refractivity contribution in [2.75, 3.05) is 25.1 Å². The molecule has 5 rings (SSSR count). The molecule has 1 amide bonds. The third kappa shape index (κ3) is 4.10. The van der Waals surface area contributed by atoms with E-state index in [2.05, 4.69) is 54.3 Å². The Morgan fingerprint density at radius 2 is 1.68 bits per heavy atom. The molecule has 0 atom stereocenters. The predicted octanol–water partition coefficient (Wildman–Crippen LogP) is 6.79. The number of nitrogens with zero attached hydrogens (tertiary/aromatic N) is 3. The van der Waals surface area contributed by atoms with Crippen molar-refractivity contribution in [2.24, 2.45) is 4.99 Å². The van der Waals surface area contributed by atoms with E-state index in [1.807, 2.05) is 37.3 Å². The maximum absolute atomic E-state index is 13.1. The van der Waals surface area contributed by atoms with Gasteiger partial charge in [0.15, 0.2) is 5.17 Å². The van der Waals surface area contributed by atoms with Crippen LogP contribution >= 0.6 is 23.5 Å². The van der Waals surface area contributed by atoms with E-state index in [9.17, 15) is 4.79 Å². The van der Waals surface area contributed by atoms with Gasteiger partial charge < -0.3 is 9.64 Å². The van der Waals surface area contributed by atoms with E-state index >= 15 is 0 Å². The first kappa shape index (κ1) is 22.6. The average Bonchev–Trinajstić information content (AvgIpc) is 3.39. The first-order chi connectivity index (χ1) is 16.6. The number of allylic oxidation sites excluding steroid dienone is 2. The number of methoxy groups -OCH3 is 1. The summed E-state index contributed by atoms with van der Waals surface area (Å²) in [4.78, 5) is 23.8. The van der Waals surface area contributed by atoms with Gasteiger partial charge in [0.05, 0.1) is 28.4 Å². The van der Waals surface area contributed by atoms with Gasteiger partial charge in [-0.05, 0) is 78.9 Å². The zero-order valence-electron chi connectivity index (χ0n) is 19.3. The third-order valence-corrected chi connectivity index (χ3v) is 8.04. The molecule has 172 valence electrons. The van der Waals surface area contributed by atoms with Crippen molar-refractivity contribution in [1.82, 2.24) is 4.90 Å². The second-order valence-corrected chi connectivity index (χ2v) is 9.80. The van der Waals surface area contributed by atoms with Crippen LogP contribution in [0, 0.1) is 0 Å². The molecule has 0 N–H and O–H groups in total. The van der Waals surface area contributed by atoms with Crippen LogP contribution in [0.4, 0.5) is 11.4 Å². The number of carbonyl (C=O) groups is 1. The van der Waals surface area contributed by atoms with Crippen LogP contribution < -0.4 is 9.64 Å². The Bertz CT molecular complexity index is 1350. The number of ether oxygens (including phenoxy) is 1. The minimum absolute atomic E-state index is 0.00868. The van der Waals surface area contributed by atoms with Gasteiger partial charge in [-0.15, -0.1) is 0 Å². The molecule has 7 heteroatoms.